The summed E-state index contributed by atoms with van der Waals surface area (Å²) in [5.74, 6) is 0.642. The zero-order chi connectivity index (χ0) is 10.8. The smallest absolute Gasteiger partial charge is 0.0233 e. The molecule has 0 radical (unpaired) electrons. The van der Waals surface area contributed by atoms with Crippen LogP contribution in [0, 0.1) is 0 Å². The molecule has 0 saturated heterocycles. The lowest BCUT2D eigenvalue weighted by atomic mass is 9.96. The minimum Gasteiger partial charge on any atom is -0.302 e. The maximum atomic E-state index is 2.43. The molecule has 1 aromatic rings. The molecule has 0 saturated carbocycles. The first-order valence-electron chi connectivity index (χ1n) is 5.97. The van der Waals surface area contributed by atoms with E-state index in [-0.39, 0.29) is 0 Å². The van der Waals surface area contributed by atoms with Crippen molar-refractivity contribution in [3.05, 3.63) is 34.9 Å². The monoisotopic (exact) mass is 203 g/mol. The summed E-state index contributed by atoms with van der Waals surface area (Å²) in [6.45, 7) is 6.88. The highest BCUT2D eigenvalue weighted by Gasteiger charge is 2.12. The van der Waals surface area contributed by atoms with Gasteiger partial charge in [-0.15, -0.1) is 0 Å². The van der Waals surface area contributed by atoms with Gasteiger partial charge >= 0.3 is 0 Å². The van der Waals surface area contributed by atoms with Gasteiger partial charge in [-0.25, -0.2) is 0 Å². The minimum atomic E-state index is 0.642. The van der Waals surface area contributed by atoms with E-state index in [1.165, 1.54) is 24.9 Å². The van der Waals surface area contributed by atoms with E-state index < -0.39 is 0 Å². The van der Waals surface area contributed by atoms with Gasteiger partial charge in [0.2, 0.25) is 0 Å². The molecule has 0 aliphatic carbocycles. The first-order chi connectivity index (χ1) is 7.16. The van der Waals surface area contributed by atoms with Gasteiger partial charge in [0.05, 0.1) is 0 Å². The van der Waals surface area contributed by atoms with Gasteiger partial charge in [0, 0.05) is 6.54 Å². The average molecular weight is 203 g/mol. The van der Waals surface area contributed by atoms with Crippen molar-refractivity contribution < 1.29 is 0 Å². The van der Waals surface area contributed by atoms with E-state index in [4.69, 9.17) is 0 Å². The highest BCUT2D eigenvalue weighted by Crippen LogP contribution is 2.23. The molecule has 0 bridgehead atoms. The topological polar surface area (TPSA) is 3.24 Å². The van der Waals surface area contributed by atoms with E-state index in [1.807, 2.05) is 0 Å². The van der Waals surface area contributed by atoms with Crippen molar-refractivity contribution in [3.8, 4) is 0 Å². The minimum absolute atomic E-state index is 0.642. The number of hydrogen-bond donors (Lipinski definition) is 0. The third-order valence-electron chi connectivity index (χ3n) is 3.32. The van der Waals surface area contributed by atoms with Gasteiger partial charge in [-0.2, -0.15) is 0 Å². The van der Waals surface area contributed by atoms with Crippen LogP contribution >= 0.6 is 0 Å². The van der Waals surface area contributed by atoms with Crippen LogP contribution in [-0.4, -0.2) is 18.5 Å². The van der Waals surface area contributed by atoms with Crippen LogP contribution < -0.4 is 0 Å². The van der Waals surface area contributed by atoms with Gasteiger partial charge in [0.1, 0.15) is 0 Å². The summed E-state index contributed by atoms with van der Waals surface area (Å²) in [6.07, 6.45) is 2.54. The van der Waals surface area contributed by atoms with Gasteiger partial charge in [-0.05, 0) is 49.0 Å². The van der Waals surface area contributed by atoms with Crippen molar-refractivity contribution in [2.45, 2.75) is 39.2 Å². The fourth-order valence-corrected chi connectivity index (χ4v) is 2.31. The van der Waals surface area contributed by atoms with Crippen LogP contribution in [0.3, 0.4) is 0 Å². The molecule has 1 heterocycles. The number of benzene rings is 1. The molecular formula is C14H21N. The normalized spacial score (nSPS) is 17.6. The van der Waals surface area contributed by atoms with Gasteiger partial charge in [-0.3, -0.25) is 0 Å². The van der Waals surface area contributed by atoms with Crippen LogP contribution in [-0.2, 0) is 13.0 Å². The largest absolute Gasteiger partial charge is 0.302 e. The molecule has 0 atom stereocenters. The van der Waals surface area contributed by atoms with Crippen LogP contribution in [0.15, 0.2) is 18.2 Å². The number of fused-ring (bicyclic) bond motifs is 1. The highest BCUT2D eigenvalue weighted by molar-refractivity contribution is 5.34. The SMILES string of the molecule is CC(C)c1ccc2c(c1)CN(C)CCC2. The van der Waals surface area contributed by atoms with E-state index in [2.05, 4.69) is 44.0 Å². The Morgan fingerprint density at radius 2 is 2.00 bits per heavy atom. The third kappa shape index (κ3) is 2.40. The second-order valence-electron chi connectivity index (χ2n) is 5.02. The predicted molar refractivity (Wildman–Crippen MR) is 65.2 cm³/mol. The average Bonchev–Trinajstić information content (AvgIpc) is 2.37. The van der Waals surface area contributed by atoms with Crippen molar-refractivity contribution in [2.75, 3.05) is 13.6 Å². The summed E-state index contributed by atoms with van der Waals surface area (Å²) in [4.78, 5) is 2.43. The van der Waals surface area contributed by atoms with Crippen LogP contribution in [0.5, 0.6) is 0 Å². The Balaban J connectivity index is 2.33. The van der Waals surface area contributed by atoms with Crippen molar-refractivity contribution >= 4 is 0 Å². The van der Waals surface area contributed by atoms with Crippen molar-refractivity contribution in [3.63, 3.8) is 0 Å². The quantitative estimate of drug-likeness (QED) is 0.677. The van der Waals surface area contributed by atoms with Crippen molar-refractivity contribution in [1.29, 1.82) is 0 Å². The third-order valence-corrected chi connectivity index (χ3v) is 3.32. The van der Waals surface area contributed by atoms with Crippen LogP contribution in [0.2, 0.25) is 0 Å². The van der Waals surface area contributed by atoms with E-state index in [1.54, 1.807) is 11.1 Å². The molecule has 1 aliphatic rings. The Hall–Kier alpha value is -0.820. The summed E-state index contributed by atoms with van der Waals surface area (Å²) in [5, 5.41) is 0. The second-order valence-corrected chi connectivity index (χ2v) is 5.02. The second kappa shape index (κ2) is 4.36. The standard InChI is InChI=1S/C14H21N/c1-11(2)13-7-6-12-5-4-8-15(3)10-14(12)9-13/h6-7,9,11H,4-5,8,10H2,1-3H3. The van der Waals surface area contributed by atoms with Gasteiger partial charge < -0.3 is 4.90 Å². The molecule has 0 amide bonds. The molecule has 82 valence electrons. The number of hydrogen-bond acceptors (Lipinski definition) is 1. The fraction of sp³-hybridized carbons (Fsp3) is 0.571. The zero-order valence-electron chi connectivity index (χ0n) is 10.1. The fourth-order valence-electron chi connectivity index (χ4n) is 2.31. The Morgan fingerprint density at radius 1 is 1.20 bits per heavy atom. The van der Waals surface area contributed by atoms with Gasteiger partial charge in [0.15, 0.2) is 0 Å². The number of nitrogens with zero attached hydrogens (tertiary/aromatic N) is 1. The maximum Gasteiger partial charge on any atom is 0.0233 e. The van der Waals surface area contributed by atoms with E-state index in [0.29, 0.717) is 5.92 Å². The Labute approximate surface area is 93.1 Å². The van der Waals surface area contributed by atoms with Crippen LogP contribution in [0.1, 0.15) is 42.9 Å². The first-order valence-corrected chi connectivity index (χ1v) is 5.97. The summed E-state index contributed by atoms with van der Waals surface area (Å²) >= 11 is 0. The van der Waals surface area contributed by atoms with Crippen molar-refractivity contribution in [1.82, 2.24) is 4.90 Å². The summed E-state index contributed by atoms with van der Waals surface area (Å²) < 4.78 is 0. The predicted octanol–water partition coefficient (Wildman–Crippen LogP) is 3.19. The lowest BCUT2D eigenvalue weighted by Crippen LogP contribution is -2.17. The molecule has 1 heteroatoms. The van der Waals surface area contributed by atoms with Gasteiger partial charge in [0.25, 0.3) is 0 Å². The van der Waals surface area contributed by atoms with Gasteiger partial charge in [-0.1, -0.05) is 32.0 Å². The van der Waals surface area contributed by atoms with E-state index >= 15 is 0 Å². The molecule has 0 aromatic heterocycles. The lowest BCUT2D eigenvalue weighted by molar-refractivity contribution is 0.332. The van der Waals surface area contributed by atoms with Crippen LogP contribution in [0.4, 0.5) is 0 Å². The van der Waals surface area contributed by atoms with Crippen molar-refractivity contribution in [2.24, 2.45) is 0 Å². The molecule has 15 heavy (non-hydrogen) atoms. The molecule has 1 aliphatic heterocycles. The molecule has 1 aromatic carbocycles. The molecule has 0 N–H and O–H groups in total. The maximum absolute atomic E-state index is 2.43. The Bertz CT molecular complexity index is 341. The van der Waals surface area contributed by atoms with E-state index in [0.717, 1.165) is 6.54 Å². The molecule has 0 spiro atoms. The van der Waals surface area contributed by atoms with Crippen LogP contribution in [0.25, 0.3) is 0 Å². The molecule has 0 fully saturated rings. The lowest BCUT2D eigenvalue weighted by Gasteiger charge is -2.15. The summed E-state index contributed by atoms with van der Waals surface area (Å²) in [6, 6.07) is 7.04. The number of rotatable bonds is 1. The summed E-state index contributed by atoms with van der Waals surface area (Å²) in [5.41, 5.74) is 4.58. The number of aryl methyl sites for hydroxylation is 1. The molecule has 1 nitrogen and oxygen atoms in total. The Morgan fingerprint density at radius 3 is 2.73 bits per heavy atom. The zero-order valence-corrected chi connectivity index (χ0v) is 10.1. The Kier molecular flexibility index (Phi) is 3.11. The summed E-state index contributed by atoms with van der Waals surface area (Å²) in [7, 11) is 2.22. The molecular weight excluding hydrogens is 182 g/mol. The molecule has 2 rings (SSSR count). The molecule has 0 unspecified atom stereocenters. The highest BCUT2D eigenvalue weighted by atomic mass is 15.1. The first kappa shape index (κ1) is 10.7. The van der Waals surface area contributed by atoms with E-state index in [9.17, 15) is 0 Å².